The number of rotatable bonds is 9. The van der Waals surface area contributed by atoms with Gasteiger partial charge in [-0.2, -0.15) is 4.39 Å². The van der Waals surface area contributed by atoms with Crippen molar-refractivity contribution in [3.63, 3.8) is 0 Å². The highest BCUT2D eigenvalue weighted by atomic mass is 19.1. The van der Waals surface area contributed by atoms with Gasteiger partial charge in [-0.1, -0.05) is 25.7 Å². The maximum atomic E-state index is 15.2. The summed E-state index contributed by atoms with van der Waals surface area (Å²) < 4.78 is 20.8. The number of piperazine rings is 1. The number of aromatic nitrogens is 2. The lowest BCUT2D eigenvalue weighted by molar-refractivity contribution is -0.154. The molecule has 3 heterocycles. The summed E-state index contributed by atoms with van der Waals surface area (Å²) in [6.45, 7) is 4.11. The zero-order chi connectivity index (χ0) is 23.2. The van der Waals surface area contributed by atoms with Crippen LogP contribution in [0.5, 0.6) is 0 Å². The van der Waals surface area contributed by atoms with Crippen molar-refractivity contribution in [2.45, 2.75) is 38.1 Å². The number of nitrogens with zero attached hydrogens (tertiary/aromatic N) is 5. The van der Waals surface area contributed by atoms with E-state index < -0.39 is 17.6 Å². The number of ether oxygens (including phenoxy) is 1. The van der Waals surface area contributed by atoms with E-state index in [1.54, 1.807) is 0 Å². The first-order valence-corrected chi connectivity index (χ1v) is 11.6. The molecular weight excluding hydrogens is 433 g/mol. The van der Waals surface area contributed by atoms with E-state index in [9.17, 15) is 14.8 Å². The topological polar surface area (TPSA) is 123 Å². The standard InChI is InChI=1S/C21H32FN7O4/c22-18-19(23-13-24-20(18)28-6-5-27-7-8-33-12-17(27)11-28)25-26-21(31)16(10-29(32)14-30)9-15-3-1-2-4-15/h13-17,32H,1-12H2,(H,26,31)(H,23,24,25)/t16-,17+/m1/s1. The van der Waals surface area contributed by atoms with E-state index in [0.29, 0.717) is 37.1 Å². The highest BCUT2D eigenvalue weighted by molar-refractivity contribution is 5.80. The molecule has 2 amide bonds. The van der Waals surface area contributed by atoms with Crippen LogP contribution in [0.15, 0.2) is 6.33 Å². The molecule has 0 bridgehead atoms. The Labute approximate surface area is 192 Å². The Morgan fingerprint density at radius 1 is 1.33 bits per heavy atom. The molecule has 2 aliphatic heterocycles. The number of nitrogens with one attached hydrogen (secondary N) is 2. The fraction of sp³-hybridized carbons (Fsp3) is 0.714. The minimum Gasteiger partial charge on any atom is -0.378 e. The molecule has 33 heavy (non-hydrogen) atoms. The summed E-state index contributed by atoms with van der Waals surface area (Å²) >= 11 is 0. The molecule has 2 saturated heterocycles. The quantitative estimate of drug-likeness (QED) is 0.274. The molecule has 1 saturated carbocycles. The number of carbonyl (C=O) groups is 2. The smallest absolute Gasteiger partial charge is 0.243 e. The molecule has 3 N–H and O–H groups in total. The van der Waals surface area contributed by atoms with Crippen LogP contribution in [0.4, 0.5) is 16.0 Å². The highest BCUT2D eigenvalue weighted by Gasteiger charge is 2.32. The van der Waals surface area contributed by atoms with Crippen molar-refractivity contribution in [1.82, 2.24) is 25.4 Å². The van der Waals surface area contributed by atoms with Crippen molar-refractivity contribution in [2.75, 3.05) is 56.3 Å². The summed E-state index contributed by atoms with van der Waals surface area (Å²) in [4.78, 5) is 35.9. The maximum absolute atomic E-state index is 15.2. The summed E-state index contributed by atoms with van der Waals surface area (Å²) in [5.41, 5.74) is 5.07. The molecule has 1 aromatic rings. The van der Waals surface area contributed by atoms with Gasteiger partial charge in [0.1, 0.15) is 6.33 Å². The van der Waals surface area contributed by atoms with Crippen molar-refractivity contribution < 1.29 is 23.9 Å². The van der Waals surface area contributed by atoms with Crippen molar-refractivity contribution in [2.24, 2.45) is 11.8 Å². The van der Waals surface area contributed by atoms with Crippen LogP contribution in [0.25, 0.3) is 0 Å². The molecule has 1 aromatic heterocycles. The molecule has 0 radical (unpaired) electrons. The number of morpholine rings is 1. The molecular formula is C21H32FN7O4. The third-order valence-electron chi connectivity index (χ3n) is 6.80. The van der Waals surface area contributed by atoms with E-state index in [2.05, 4.69) is 25.7 Å². The van der Waals surface area contributed by atoms with E-state index in [4.69, 9.17) is 4.74 Å². The average Bonchev–Trinajstić information content (AvgIpc) is 3.35. The molecule has 12 heteroatoms. The van der Waals surface area contributed by atoms with E-state index in [0.717, 1.165) is 45.4 Å². The predicted octanol–water partition coefficient (Wildman–Crippen LogP) is 0.624. The lowest BCUT2D eigenvalue weighted by Crippen LogP contribution is -2.58. The van der Waals surface area contributed by atoms with Gasteiger partial charge >= 0.3 is 0 Å². The number of hydroxylamine groups is 2. The molecule has 1 aliphatic carbocycles. The normalized spacial score (nSPS) is 22.5. The minimum absolute atomic E-state index is 0.126. The van der Waals surface area contributed by atoms with Gasteiger partial charge in [-0.25, -0.2) is 15.0 Å². The SMILES string of the molecule is O=CN(O)C[C@@H](CC1CCCC1)C(=O)NNc1ncnc(N2CCN3CCOC[C@@H]3C2)c1F. The first-order valence-electron chi connectivity index (χ1n) is 11.6. The van der Waals surface area contributed by atoms with E-state index in [1.165, 1.54) is 6.33 Å². The Hall–Kier alpha value is -2.57. The first kappa shape index (κ1) is 23.6. The number of amides is 2. The van der Waals surface area contributed by atoms with Gasteiger partial charge in [-0.05, 0) is 12.3 Å². The van der Waals surface area contributed by atoms with E-state index >= 15 is 4.39 Å². The van der Waals surface area contributed by atoms with Crippen LogP contribution < -0.4 is 15.8 Å². The third kappa shape index (κ3) is 5.87. The van der Waals surface area contributed by atoms with Crippen LogP contribution >= 0.6 is 0 Å². The molecule has 3 fully saturated rings. The summed E-state index contributed by atoms with van der Waals surface area (Å²) in [5, 5.41) is 10.1. The Morgan fingerprint density at radius 3 is 2.94 bits per heavy atom. The second kappa shape index (κ2) is 11.0. The van der Waals surface area contributed by atoms with Gasteiger partial charge in [-0.3, -0.25) is 30.5 Å². The number of carbonyl (C=O) groups excluding carboxylic acids is 2. The number of hydrogen-bond donors (Lipinski definition) is 3. The first-order chi connectivity index (χ1) is 16.0. The third-order valence-corrected chi connectivity index (χ3v) is 6.80. The van der Waals surface area contributed by atoms with Crippen LogP contribution in [-0.4, -0.2) is 89.4 Å². The maximum Gasteiger partial charge on any atom is 0.243 e. The Bertz CT molecular complexity index is 826. The second-order valence-corrected chi connectivity index (χ2v) is 9.00. The van der Waals surface area contributed by atoms with Gasteiger partial charge in [0.25, 0.3) is 0 Å². The zero-order valence-corrected chi connectivity index (χ0v) is 18.7. The van der Waals surface area contributed by atoms with Gasteiger partial charge in [0, 0.05) is 26.2 Å². The molecule has 182 valence electrons. The fourth-order valence-corrected chi connectivity index (χ4v) is 5.01. The molecule has 0 aromatic carbocycles. The lowest BCUT2D eigenvalue weighted by atomic mass is 9.92. The second-order valence-electron chi connectivity index (χ2n) is 9.00. The van der Waals surface area contributed by atoms with Gasteiger partial charge in [0.05, 0.1) is 31.7 Å². The van der Waals surface area contributed by atoms with Crippen molar-refractivity contribution >= 4 is 24.0 Å². The Balaban J connectivity index is 1.38. The molecule has 11 nitrogen and oxygen atoms in total. The molecule has 0 unspecified atom stereocenters. The van der Waals surface area contributed by atoms with Crippen molar-refractivity contribution in [3.8, 4) is 0 Å². The summed E-state index contributed by atoms with van der Waals surface area (Å²) in [5.74, 6) is -1.30. The van der Waals surface area contributed by atoms with Crippen LogP contribution in [-0.2, 0) is 14.3 Å². The largest absolute Gasteiger partial charge is 0.378 e. The van der Waals surface area contributed by atoms with E-state index in [-0.39, 0.29) is 30.6 Å². The summed E-state index contributed by atoms with van der Waals surface area (Å²) in [7, 11) is 0. The summed E-state index contributed by atoms with van der Waals surface area (Å²) in [6.07, 6.45) is 6.35. The number of anilines is 2. The number of fused-ring (bicyclic) bond motifs is 1. The molecule has 0 spiro atoms. The van der Waals surface area contributed by atoms with Gasteiger partial charge in [0.15, 0.2) is 11.6 Å². The van der Waals surface area contributed by atoms with E-state index in [1.807, 2.05) is 4.90 Å². The number of hydrogen-bond acceptors (Lipinski definition) is 9. The van der Waals surface area contributed by atoms with Crippen LogP contribution in [0.1, 0.15) is 32.1 Å². The van der Waals surface area contributed by atoms with Gasteiger partial charge in [-0.15, -0.1) is 0 Å². The van der Waals surface area contributed by atoms with Crippen molar-refractivity contribution in [1.29, 1.82) is 0 Å². The molecule has 2 atom stereocenters. The number of halogens is 1. The molecule has 4 rings (SSSR count). The fourth-order valence-electron chi connectivity index (χ4n) is 5.01. The van der Waals surface area contributed by atoms with Crippen molar-refractivity contribution in [3.05, 3.63) is 12.1 Å². The zero-order valence-electron chi connectivity index (χ0n) is 18.7. The lowest BCUT2D eigenvalue weighted by Gasteiger charge is -2.44. The van der Waals surface area contributed by atoms with Crippen LogP contribution in [0.3, 0.4) is 0 Å². The highest BCUT2D eigenvalue weighted by Crippen LogP contribution is 2.31. The van der Waals surface area contributed by atoms with Crippen LogP contribution in [0, 0.1) is 17.7 Å². The summed E-state index contributed by atoms with van der Waals surface area (Å²) in [6, 6.07) is 0.188. The van der Waals surface area contributed by atoms with Gasteiger partial charge in [0.2, 0.25) is 18.1 Å². The van der Waals surface area contributed by atoms with Gasteiger partial charge < -0.3 is 9.64 Å². The minimum atomic E-state index is -0.646. The average molecular weight is 466 g/mol. The molecule has 3 aliphatic rings. The Morgan fingerprint density at radius 2 is 2.15 bits per heavy atom. The number of hydrazine groups is 1. The van der Waals surface area contributed by atoms with Crippen LogP contribution in [0.2, 0.25) is 0 Å². The Kier molecular flexibility index (Phi) is 7.89. The predicted molar refractivity (Wildman–Crippen MR) is 117 cm³/mol. The monoisotopic (exact) mass is 465 g/mol.